The van der Waals surface area contributed by atoms with Crippen molar-refractivity contribution < 1.29 is 0 Å². The van der Waals surface area contributed by atoms with Crippen molar-refractivity contribution in [2.45, 2.75) is 25.7 Å². The zero-order valence-corrected chi connectivity index (χ0v) is 8.48. The van der Waals surface area contributed by atoms with Gasteiger partial charge in [-0.1, -0.05) is 37.3 Å². The van der Waals surface area contributed by atoms with Crippen LogP contribution in [0.15, 0.2) is 30.3 Å². The van der Waals surface area contributed by atoms with Crippen molar-refractivity contribution in [2.24, 2.45) is 11.8 Å². The molecule has 0 aliphatic heterocycles. The van der Waals surface area contributed by atoms with Crippen molar-refractivity contribution >= 4 is 0 Å². The first-order valence-corrected chi connectivity index (χ1v) is 5.26. The quantitative estimate of drug-likeness (QED) is 0.693. The molecule has 0 radical (unpaired) electrons. The molecule has 0 saturated heterocycles. The highest BCUT2D eigenvalue weighted by atomic mass is 14.4. The second-order valence-electron chi connectivity index (χ2n) is 4.35. The Bertz CT molecular complexity index is 330. The van der Waals surface area contributed by atoms with E-state index in [0.29, 0.717) is 5.92 Å². The van der Waals surface area contributed by atoms with Crippen molar-refractivity contribution in [2.75, 3.05) is 0 Å². The Hall–Kier alpha value is -1.29. The van der Waals surface area contributed by atoms with E-state index in [0.717, 1.165) is 5.92 Å². The molecule has 1 aromatic carbocycles. The van der Waals surface area contributed by atoms with Crippen LogP contribution in [0.1, 0.15) is 31.2 Å². The van der Waals surface area contributed by atoms with Gasteiger partial charge in [-0.2, -0.15) is 5.26 Å². The molecule has 1 aliphatic carbocycles. The summed E-state index contributed by atoms with van der Waals surface area (Å²) in [5.41, 5.74) is 1.19. The van der Waals surface area contributed by atoms with E-state index >= 15 is 0 Å². The van der Waals surface area contributed by atoms with Crippen LogP contribution in [0, 0.1) is 23.2 Å². The lowest BCUT2D eigenvalue weighted by Crippen LogP contribution is -2.26. The first-order valence-electron chi connectivity index (χ1n) is 5.26. The molecule has 14 heavy (non-hydrogen) atoms. The summed E-state index contributed by atoms with van der Waals surface area (Å²) in [6, 6.07) is 12.6. The lowest BCUT2D eigenvalue weighted by molar-refractivity contribution is 0.196. The molecule has 1 unspecified atom stereocenters. The van der Waals surface area contributed by atoms with Crippen LogP contribution in [0.4, 0.5) is 0 Å². The topological polar surface area (TPSA) is 23.8 Å². The molecule has 0 spiro atoms. The van der Waals surface area contributed by atoms with Crippen LogP contribution in [-0.2, 0) is 0 Å². The summed E-state index contributed by atoms with van der Waals surface area (Å²) in [5, 5.41) is 9.15. The second kappa shape index (κ2) is 3.84. The molecule has 1 saturated carbocycles. The van der Waals surface area contributed by atoms with Crippen LogP contribution in [-0.4, -0.2) is 0 Å². The summed E-state index contributed by atoms with van der Waals surface area (Å²) in [5.74, 6) is 1.53. The highest BCUT2D eigenvalue weighted by molar-refractivity contribution is 5.26. The van der Waals surface area contributed by atoms with Gasteiger partial charge in [0.05, 0.1) is 12.0 Å². The maximum atomic E-state index is 9.15. The fraction of sp³-hybridized carbons (Fsp3) is 0.462. The molecular weight excluding hydrogens is 170 g/mol. The molecule has 1 aliphatic rings. The molecule has 1 atom stereocenters. The van der Waals surface area contributed by atoms with Gasteiger partial charge in [0.2, 0.25) is 0 Å². The van der Waals surface area contributed by atoms with Gasteiger partial charge in [0.25, 0.3) is 0 Å². The average molecular weight is 185 g/mol. The first kappa shape index (κ1) is 9.27. The predicted octanol–water partition coefficient (Wildman–Crippen LogP) is 3.34. The van der Waals surface area contributed by atoms with Crippen LogP contribution in [0.25, 0.3) is 0 Å². The average Bonchev–Trinajstić information content (AvgIpc) is 2.18. The largest absolute Gasteiger partial charge is 0.198 e. The number of rotatable bonds is 2. The maximum absolute atomic E-state index is 9.15. The minimum atomic E-state index is 0.118. The third kappa shape index (κ3) is 1.65. The molecule has 0 heterocycles. The van der Waals surface area contributed by atoms with E-state index in [2.05, 4.69) is 25.1 Å². The third-order valence-corrected chi connectivity index (χ3v) is 3.18. The Morgan fingerprint density at radius 1 is 1.29 bits per heavy atom. The standard InChI is InChI=1S/C13H15N/c1-10-7-12(8-10)13(9-14)11-5-3-2-4-6-11/h2-6,10,12-13H,7-8H2,1H3. The van der Waals surface area contributed by atoms with Gasteiger partial charge in [0, 0.05) is 0 Å². The van der Waals surface area contributed by atoms with Crippen molar-refractivity contribution in [1.82, 2.24) is 0 Å². The third-order valence-electron chi connectivity index (χ3n) is 3.18. The predicted molar refractivity (Wildman–Crippen MR) is 56.7 cm³/mol. The van der Waals surface area contributed by atoms with Crippen molar-refractivity contribution in [3.8, 4) is 6.07 Å². The molecule has 72 valence electrons. The highest BCUT2D eigenvalue weighted by Crippen LogP contribution is 2.42. The summed E-state index contributed by atoms with van der Waals surface area (Å²) in [7, 11) is 0. The van der Waals surface area contributed by atoms with Crippen LogP contribution >= 0.6 is 0 Å². The van der Waals surface area contributed by atoms with E-state index in [1.54, 1.807) is 0 Å². The molecular formula is C13H15N. The Kier molecular flexibility index (Phi) is 2.54. The molecule has 0 bridgehead atoms. The molecule has 1 heteroatoms. The van der Waals surface area contributed by atoms with Gasteiger partial charge in [-0.25, -0.2) is 0 Å². The fourth-order valence-corrected chi connectivity index (χ4v) is 2.35. The zero-order chi connectivity index (χ0) is 9.97. The zero-order valence-electron chi connectivity index (χ0n) is 8.48. The molecule has 1 nitrogen and oxygen atoms in total. The normalized spacial score (nSPS) is 27.4. The van der Waals surface area contributed by atoms with E-state index < -0.39 is 0 Å². The Morgan fingerprint density at radius 2 is 1.93 bits per heavy atom. The van der Waals surface area contributed by atoms with Crippen LogP contribution < -0.4 is 0 Å². The van der Waals surface area contributed by atoms with Gasteiger partial charge in [-0.3, -0.25) is 0 Å². The minimum absolute atomic E-state index is 0.118. The number of benzene rings is 1. The Balaban J connectivity index is 2.12. The molecule has 1 aromatic rings. The van der Waals surface area contributed by atoms with Gasteiger partial charge in [-0.15, -0.1) is 0 Å². The Morgan fingerprint density at radius 3 is 2.43 bits per heavy atom. The van der Waals surface area contributed by atoms with Gasteiger partial charge in [0.15, 0.2) is 0 Å². The van der Waals surface area contributed by atoms with Gasteiger partial charge in [0.1, 0.15) is 0 Å². The summed E-state index contributed by atoms with van der Waals surface area (Å²) >= 11 is 0. The van der Waals surface area contributed by atoms with E-state index in [1.807, 2.05) is 18.2 Å². The molecule has 0 N–H and O–H groups in total. The second-order valence-corrected chi connectivity index (χ2v) is 4.35. The summed E-state index contributed by atoms with van der Waals surface area (Å²) in [4.78, 5) is 0. The number of nitriles is 1. The van der Waals surface area contributed by atoms with Gasteiger partial charge >= 0.3 is 0 Å². The molecule has 0 aromatic heterocycles. The van der Waals surface area contributed by atoms with Crippen molar-refractivity contribution in [3.63, 3.8) is 0 Å². The van der Waals surface area contributed by atoms with Crippen molar-refractivity contribution in [1.29, 1.82) is 5.26 Å². The van der Waals surface area contributed by atoms with Gasteiger partial charge < -0.3 is 0 Å². The van der Waals surface area contributed by atoms with E-state index in [-0.39, 0.29) is 5.92 Å². The molecule has 0 amide bonds. The van der Waals surface area contributed by atoms with E-state index in [1.165, 1.54) is 18.4 Å². The fourth-order valence-electron chi connectivity index (χ4n) is 2.35. The maximum Gasteiger partial charge on any atom is 0.0741 e. The number of nitrogens with zero attached hydrogens (tertiary/aromatic N) is 1. The summed E-state index contributed by atoms with van der Waals surface area (Å²) in [6.45, 7) is 2.26. The first-order chi connectivity index (χ1) is 6.81. The Labute approximate surface area is 85.4 Å². The smallest absolute Gasteiger partial charge is 0.0741 e. The van der Waals surface area contributed by atoms with Crippen LogP contribution in [0.2, 0.25) is 0 Å². The monoisotopic (exact) mass is 185 g/mol. The minimum Gasteiger partial charge on any atom is -0.198 e. The molecule has 1 fully saturated rings. The lowest BCUT2D eigenvalue weighted by Gasteiger charge is -2.35. The lowest BCUT2D eigenvalue weighted by atomic mass is 9.68. The highest BCUT2D eigenvalue weighted by Gasteiger charge is 2.33. The summed E-state index contributed by atoms with van der Waals surface area (Å²) < 4.78 is 0. The van der Waals surface area contributed by atoms with Crippen LogP contribution in [0.5, 0.6) is 0 Å². The van der Waals surface area contributed by atoms with E-state index in [4.69, 9.17) is 5.26 Å². The summed E-state index contributed by atoms with van der Waals surface area (Å²) in [6.07, 6.45) is 2.43. The van der Waals surface area contributed by atoms with Gasteiger partial charge in [-0.05, 0) is 30.2 Å². The van der Waals surface area contributed by atoms with Crippen molar-refractivity contribution in [3.05, 3.63) is 35.9 Å². The molecule has 2 rings (SSSR count). The number of hydrogen-bond acceptors (Lipinski definition) is 1. The van der Waals surface area contributed by atoms with E-state index in [9.17, 15) is 0 Å². The van der Waals surface area contributed by atoms with Crippen LogP contribution in [0.3, 0.4) is 0 Å². The number of hydrogen-bond donors (Lipinski definition) is 0. The SMILES string of the molecule is CC1CC(C(C#N)c2ccccc2)C1.